The van der Waals surface area contributed by atoms with Crippen molar-refractivity contribution in [2.45, 2.75) is 32.3 Å². The average molecular weight is 292 g/mol. The number of pyridine rings is 1. The number of hydrogen-bond acceptors (Lipinski definition) is 4. The number of hydrogen-bond donors (Lipinski definition) is 1. The van der Waals surface area contributed by atoms with Crippen LogP contribution in [0.1, 0.15) is 38.0 Å². The van der Waals surface area contributed by atoms with Gasteiger partial charge < -0.3 is 5.11 Å². The minimum absolute atomic E-state index is 0.110. The van der Waals surface area contributed by atoms with Gasteiger partial charge in [0.2, 0.25) is 0 Å². The number of ketones is 1. The minimum Gasteiger partial charge on any atom is -0.379 e. The maximum Gasteiger partial charge on any atom is 0.265 e. The van der Waals surface area contributed by atoms with Crippen molar-refractivity contribution in [1.82, 2.24) is 4.98 Å². The van der Waals surface area contributed by atoms with E-state index in [-0.39, 0.29) is 17.7 Å². The highest BCUT2D eigenvalue weighted by molar-refractivity contribution is 6.03. The predicted octanol–water partition coefficient (Wildman–Crippen LogP) is 2.66. The highest BCUT2D eigenvalue weighted by Crippen LogP contribution is 2.44. The van der Waals surface area contributed by atoms with Crippen LogP contribution in [0.15, 0.2) is 30.0 Å². The zero-order chi connectivity index (χ0) is 15.8. The molecule has 1 atom stereocenters. The Morgan fingerprint density at radius 1 is 1.48 bits per heavy atom. The maximum atomic E-state index is 13.1. The summed E-state index contributed by atoms with van der Waals surface area (Å²) in [5, 5.41) is 19.8. The molecule has 1 heterocycles. The highest BCUT2D eigenvalue weighted by atomic mass is 19.3. The largest absolute Gasteiger partial charge is 0.379 e. The third-order valence-electron chi connectivity index (χ3n) is 3.56. The van der Waals surface area contributed by atoms with Gasteiger partial charge in [-0.25, -0.2) is 8.78 Å². The van der Waals surface area contributed by atoms with Gasteiger partial charge in [0.1, 0.15) is 11.7 Å². The molecule has 0 aliphatic heterocycles. The molecule has 0 amide bonds. The molecule has 0 fully saturated rings. The molecule has 0 aromatic carbocycles. The van der Waals surface area contributed by atoms with Gasteiger partial charge in [0.05, 0.1) is 11.3 Å². The van der Waals surface area contributed by atoms with Crippen LogP contribution in [0, 0.1) is 16.7 Å². The quantitative estimate of drug-likeness (QED) is 0.909. The van der Waals surface area contributed by atoms with Crippen LogP contribution >= 0.6 is 0 Å². The van der Waals surface area contributed by atoms with E-state index in [2.05, 4.69) is 4.98 Å². The van der Waals surface area contributed by atoms with Gasteiger partial charge in [0, 0.05) is 17.2 Å². The molecule has 1 aromatic heterocycles. The molecule has 1 aromatic rings. The molecule has 6 heteroatoms. The number of Topliss-reactive ketones (excluding diaryl/α,β-unsaturated/α-hetero) is 1. The molecule has 0 bridgehead atoms. The van der Waals surface area contributed by atoms with Crippen molar-refractivity contribution in [3.05, 3.63) is 41.2 Å². The molecule has 110 valence electrons. The van der Waals surface area contributed by atoms with Crippen molar-refractivity contribution < 1.29 is 18.7 Å². The number of carbonyl (C=O) groups is 1. The molecule has 21 heavy (non-hydrogen) atoms. The standard InChI is InChI=1S/C15H14F2N2O2/c1-14(2)8-15(21,6-9(7-18)12(14)20)11-10(13(16)17)4-3-5-19-11/h3-6,13,21H,8H2,1-2H3/t15-/m1/s1. The van der Waals surface area contributed by atoms with Gasteiger partial charge in [0.25, 0.3) is 6.43 Å². The van der Waals surface area contributed by atoms with E-state index in [4.69, 9.17) is 5.26 Å². The van der Waals surface area contributed by atoms with Gasteiger partial charge in [-0.05, 0) is 24.6 Å². The average Bonchev–Trinajstić information content (AvgIpc) is 2.42. The molecule has 0 saturated carbocycles. The summed E-state index contributed by atoms with van der Waals surface area (Å²) < 4.78 is 26.2. The summed E-state index contributed by atoms with van der Waals surface area (Å²) in [5.41, 5.74) is -3.76. The first-order valence-electron chi connectivity index (χ1n) is 6.35. The van der Waals surface area contributed by atoms with Crippen LogP contribution in [0.5, 0.6) is 0 Å². The molecule has 4 nitrogen and oxygen atoms in total. The molecular weight excluding hydrogens is 278 g/mol. The van der Waals surface area contributed by atoms with E-state index in [9.17, 15) is 18.7 Å². The number of nitrogens with zero attached hydrogens (tertiary/aromatic N) is 2. The van der Waals surface area contributed by atoms with E-state index in [1.807, 2.05) is 0 Å². The van der Waals surface area contributed by atoms with Crippen molar-refractivity contribution in [2.24, 2.45) is 5.41 Å². The maximum absolute atomic E-state index is 13.1. The number of aromatic nitrogens is 1. The molecule has 1 aliphatic rings. The summed E-state index contributed by atoms with van der Waals surface area (Å²) in [7, 11) is 0. The third-order valence-corrected chi connectivity index (χ3v) is 3.56. The molecule has 1 N–H and O–H groups in total. The summed E-state index contributed by atoms with van der Waals surface area (Å²) in [5.74, 6) is -0.413. The predicted molar refractivity (Wildman–Crippen MR) is 70.2 cm³/mol. The Labute approximate surface area is 120 Å². The van der Waals surface area contributed by atoms with Crippen LogP contribution in [-0.2, 0) is 10.4 Å². The first-order valence-corrected chi connectivity index (χ1v) is 6.35. The van der Waals surface area contributed by atoms with Crippen LogP contribution < -0.4 is 0 Å². The topological polar surface area (TPSA) is 74.0 Å². The molecule has 0 spiro atoms. The molecule has 2 rings (SSSR count). The third kappa shape index (κ3) is 2.57. The minimum atomic E-state index is -2.81. The fourth-order valence-electron chi connectivity index (χ4n) is 2.66. The van der Waals surface area contributed by atoms with Crippen molar-refractivity contribution in [3.63, 3.8) is 0 Å². The Kier molecular flexibility index (Phi) is 3.64. The van der Waals surface area contributed by atoms with Crippen LogP contribution in [0.3, 0.4) is 0 Å². The Bertz CT molecular complexity index is 662. The monoisotopic (exact) mass is 292 g/mol. The highest BCUT2D eigenvalue weighted by Gasteiger charge is 2.47. The number of carbonyl (C=O) groups excluding carboxylic acids is 1. The van der Waals surface area contributed by atoms with Crippen LogP contribution in [0.4, 0.5) is 8.78 Å². The SMILES string of the molecule is CC1(C)C[C@@](O)(c2ncccc2C(F)F)C=C(C#N)C1=O. The number of halogens is 2. The number of nitriles is 1. The molecule has 0 radical (unpaired) electrons. The fourth-order valence-corrected chi connectivity index (χ4v) is 2.66. The summed E-state index contributed by atoms with van der Waals surface area (Å²) in [6, 6.07) is 4.24. The van der Waals surface area contributed by atoms with Gasteiger partial charge in [-0.1, -0.05) is 13.8 Å². The second kappa shape index (κ2) is 5.01. The number of aliphatic hydroxyl groups is 1. The summed E-state index contributed by atoms with van der Waals surface area (Å²) in [6.07, 6.45) is -0.588. The van der Waals surface area contributed by atoms with Crippen molar-refractivity contribution in [3.8, 4) is 6.07 Å². The van der Waals surface area contributed by atoms with Crippen LogP contribution in [-0.4, -0.2) is 15.9 Å². The lowest BCUT2D eigenvalue weighted by atomic mass is 9.68. The Morgan fingerprint density at radius 2 is 2.14 bits per heavy atom. The molecule has 1 aliphatic carbocycles. The molecular formula is C15H14F2N2O2. The normalized spacial score (nSPS) is 24.6. The second-order valence-corrected chi connectivity index (χ2v) is 5.73. The van der Waals surface area contributed by atoms with Gasteiger partial charge in [0.15, 0.2) is 5.78 Å². The fraction of sp³-hybridized carbons (Fsp3) is 0.400. The first kappa shape index (κ1) is 15.3. The van der Waals surface area contributed by atoms with Gasteiger partial charge >= 0.3 is 0 Å². The lowest BCUT2D eigenvalue weighted by Crippen LogP contribution is -2.41. The van der Waals surface area contributed by atoms with Crippen molar-refractivity contribution >= 4 is 5.78 Å². The number of alkyl halides is 2. The Hall–Kier alpha value is -2.13. The lowest BCUT2D eigenvalue weighted by Gasteiger charge is -2.37. The zero-order valence-electron chi connectivity index (χ0n) is 11.6. The summed E-state index contributed by atoms with van der Waals surface area (Å²) in [6.45, 7) is 3.13. The zero-order valence-corrected chi connectivity index (χ0v) is 11.6. The van der Waals surface area contributed by atoms with E-state index < -0.39 is 28.8 Å². The van der Waals surface area contributed by atoms with Crippen molar-refractivity contribution in [1.29, 1.82) is 5.26 Å². The van der Waals surface area contributed by atoms with Gasteiger partial charge in [-0.3, -0.25) is 9.78 Å². The van der Waals surface area contributed by atoms with Crippen LogP contribution in [0.25, 0.3) is 0 Å². The molecule has 0 unspecified atom stereocenters. The van der Waals surface area contributed by atoms with E-state index >= 15 is 0 Å². The van der Waals surface area contributed by atoms with Gasteiger partial charge in [-0.15, -0.1) is 0 Å². The number of rotatable bonds is 2. The van der Waals surface area contributed by atoms with E-state index in [0.29, 0.717) is 0 Å². The summed E-state index contributed by atoms with van der Waals surface area (Å²) in [4.78, 5) is 15.9. The van der Waals surface area contributed by atoms with Crippen molar-refractivity contribution in [2.75, 3.05) is 0 Å². The van der Waals surface area contributed by atoms with E-state index in [0.717, 1.165) is 6.08 Å². The second-order valence-electron chi connectivity index (χ2n) is 5.73. The first-order chi connectivity index (χ1) is 9.71. The van der Waals surface area contributed by atoms with E-state index in [1.165, 1.54) is 18.3 Å². The Morgan fingerprint density at radius 3 is 2.71 bits per heavy atom. The summed E-state index contributed by atoms with van der Waals surface area (Å²) >= 11 is 0. The number of allylic oxidation sites excluding steroid dienone is 1. The lowest BCUT2D eigenvalue weighted by molar-refractivity contribution is -0.127. The Balaban J connectivity index is 2.65. The van der Waals surface area contributed by atoms with Crippen LogP contribution in [0.2, 0.25) is 0 Å². The van der Waals surface area contributed by atoms with Gasteiger partial charge in [-0.2, -0.15) is 5.26 Å². The molecule has 0 saturated heterocycles. The van der Waals surface area contributed by atoms with E-state index in [1.54, 1.807) is 19.9 Å². The smallest absolute Gasteiger partial charge is 0.265 e.